The lowest BCUT2D eigenvalue weighted by Crippen LogP contribution is -2.34. The van der Waals surface area contributed by atoms with Gasteiger partial charge in [0.15, 0.2) is 0 Å². The third-order valence-corrected chi connectivity index (χ3v) is 6.64. The largest absolute Gasteiger partial charge is 0.441 e. The van der Waals surface area contributed by atoms with Gasteiger partial charge in [-0.1, -0.05) is 51.5 Å². The Labute approximate surface area is 232 Å². The Morgan fingerprint density at radius 1 is 1.15 bits per heavy atom. The van der Waals surface area contributed by atoms with Crippen molar-refractivity contribution in [2.75, 3.05) is 7.11 Å². The number of hydrogen-bond acceptors (Lipinski definition) is 7. The van der Waals surface area contributed by atoms with Crippen LogP contribution in [-0.2, 0) is 23.9 Å². The van der Waals surface area contributed by atoms with E-state index in [4.69, 9.17) is 20.9 Å². The van der Waals surface area contributed by atoms with E-state index in [-0.39, 0.29) is 29.0 Å². The van der Waals surface area contributed by atoms with Crippen molar-refractivity contribution in [1.29, 1.82) is 0 Å². The number of ketones is 2. The second kappa shape index (κ2) is 17.2. The molecule has 1 heterocycles. The van der Waals surface area contributed by atoms with Crippen LogP contribution in [0.1, 0.15) is 79.6 Å². The number of primary amides is 1. The number of nitrogens with one attached hydrogen (secondary N) is 1. The molecule has 0 aromatic carbocycles. The molecule has 9 heteroatoms. The standard InChI is InChI=1S/C28H39N3O6.C2H6/c1-5-9-19-12-6-11-18(3)27(34)31-22-16-23(32)24(29)21(25(22)33)15-8-14-20(36-4)13-7-10-17(2)26(19)37-28(30)35;1-2/h6,10-12,16,19-20,26H,5,7-9,13-15,29H2,1-4H3,(H2,30,35)(H,31,34);1-2H3/b12-6-,17-10+,18-11+;. The van der Waals surface area contributed by atoms with E-state index in [9.17, 15) is 19.2 Å². The maximum atomic E-state index is 13.0. The summed E-state index contributed by atoms with van der Waals surface area (Å²) in [5, 5.41) is 2.55. The average Bonchev–Trinajstić information content (AvgIpc) is 2.91. The molecule has 1 aliphatic heterocycles. The van der Waals surface area contributed by atoms with E-state index in [2.05, 4.69) is 5.32 Å². The predicted molar refractivity (Wildman–Crippen MR) is 152 cm³/mol. The lowest BCUT2D eigenvalue weighted by molar-refractivity contribution is -0.120. The summed E-state index contributed by atoms with van der Waals surface area (Å²) in [6, 6.07) is 0. The van der Waals surface area contributed by atoms with Crippen LogP contribution in [-0.4, -0.2) is 42.9 Å². The van der Waals surface area contributed by atoms with E-state index in [1.807, 2.05) is 39.8 Å². The summed E-state index contributed by atoms with van der Waals surface area (Å²) in [5.41, 5.74) is 12.6. The molecular weight excluding hydrogens is 498 g/mol. The number of allylic oxidation sites excluding steroid dienone is 5. The second-order valence-corrected chi connectivity index (χ2v) is 9.42. The second-order valence-electron chi connectivity index (χ2n) is 9.42. The third-order valence-electron chi connectivity index (χ3n) is 6.64. The highest BCUT2D eigenvalue weighted by atomic mass is 16.6. The molecule has 5 N–H and O–H groups in total. The Morgan fingerprint density at radius 2 is 1.85 bits per heavy atom. The van der Waals surface area contributed by atoms with Crippen molar-refractivity contribution in [2.45, 2.75) is 91.8 Å². The van der Waals surface area contributed by atoms with Gasteiger partial charge in [-0.2, -0.15) is 0 Å². The molecule has 2 bridgehead atoms. The van der Waals surface area contributed by atoms with Crippen molar-refractivity contribution >= 4 is 23.6 Å². The van der Waals surface area contributed by atoms with Gasteiger partial charge in [0.05, 0.1) is 17.5 Å². The molecule has 216 valence electrons. The molecule has 0 spiro atoms. The molecule has 2 amide bonds. The van der Waals surface area contributed by atoms with E-state index in [0.29, 0.717) is 31.3 Å². The predicted octanol–water partition coefficient (Wildman–Crippen LogP) is 4.69. The van der Waals surface area contributed by atoms with Crippen LogP contribution >= 0.6 is 0 Å². The summed E-state index contributed by atoms with van der Waals surface area (Å²) < 4.78 is 11.1. The number of nitrogens with two attached hydrogens (primary N) is 2. The number of Topliss-reactive ketones (excluding diaryl/α,β-unsaturated/α-hetero) is 1. The molecule has 0 radical (unpaired) electrons. The van der Waals surface area contributed by atoms with Gasteiger partial charge in [0.25, 0.3) is 5.91 Å². The summed E-state index contributed by atoms with van der Waals surface area (Å²) in [6.45, 7) is 9.55. The molecule has 3 atom stereocenters. The van der Waals surface area contributed by atoms with Crippen LogP contribution in [0, 0.1) is 5.92 Å². The highest BCUT2D eigenvalue weighted by Gasteiger charge is 2.28. The van der Waals surface area contributed by atoms with Gasteiger partial charge < -0.3 is 26.3 Å². The van der Waals surface area contributed by atoms with Gasteiger partial charge in [-0.3, -0.25) is 14.4 Å². The Balaban J connectivity index is 0.00000371. The van der Waals surface area contributed by atoms with Gasteiger partial charge in [-0.15, -0.1) is 0 Å². The third kappa shape index (κ3) is 10.3. The Bertz CT molecular complexity index is 1050. The molecule has 3 unspecified atom stereocenters. The number of ether oxygens (including phenoxy) is 2. The number of methoxy groups -OCH3 is 1. The van der Waals surface area contributed by atoms with E-state index >= 15 is 0 Å². The minimum atomic E-state index is -0.848. The van der Waals surface area contributed by atoms with E-state index in [1.54, 1.807) is 26.2 Å². The van der Waals surface area contributed by atoms with Gasteiger partial charge in [0.1, 0.15) is 6.10 Å². The molecular formula is C30H45N3O6. The van der Waals surface area contributed by atoms with E-state index in [1.165, 1.54) is 0 Å². The average molecular weight is 544 g/mol. The molecule has 0 saturated carbocycles. The molecule has 0 aromatic heterocycles. The molecule has 0 aromatic rings. The van der Waals surface area contributed by atoms with E-state index in [0.717, 1.165) is 30.9 Å². The Morgan fingerprint density at radius 3 is 2.46 bits per heavy atom. The van der Waals surface area contributed by atoms with Gasteiger partial charge >= 0.3 is 6.09 Å². The molecule has 9 nitrogen and oxygen atoms in total. The first-order valence-electron chi connectivity index (χ1n) is 13.7. The summed E-state index contributed by atoms with van der Waals surface area (Å²) in [5.74, 6) is -1.61. The summed E-state index contributed by atoms with van der Waals surface area (Å²) in [6.07, 6.45) is 11.4. The zero-order valence-electron chi connectivity index (χ0n) is 24.2. The molecule has 1 aliphatic carbocycles. The molecule has 2 aliphatic rings. The van der Waals surface area contributed by atoms with Gasteiger partial charge in [0.2, 0.25) is 11.6 Å². The van der Waals surface area contributed by atoms with Crippen LogP contribution in [0.2, 0.25) is 0 Å². The Hall–Kier alpha value is -3.46. The van der Waals surface area contributed by atoms with Gasteiger partial charge in [-0.05, 0) is 57.9 Å². The summed E-state index contributed by atoms with van der Waals surface area (Å²) in [7, 11) is 1.63. The fourth-order valence-electron chi connectivity index (χ4n) is 4.51. The minimum Gasteiger partial charge on any atom is -0.441 e. The fraction of sp³-hybridized carbons (Fsp3) is 0.533. The maximum absolute atomic E-state index is 13.0. The Kier molecular flexibility index (Phi) is 14.8. The zero-order valence-corrected chi connectivity index (χ0v) is 24.2. The number of carbonyl (C=O) groups excluding carboxylic acids is 4. The van der Waals surface area contributed by atoms with Crippen LogP contribution in [0.25, 0.3) is 0 Å². The monoisotopic (exact) mass is 543 g/mol. The van der Waals surface area contributed by atoms with Gasteiger partial charge in [0, 0.05) is 30.2 Å². The summed E-state index contributed by atoms with van der Waals surface area (Å²) >= 11 is 0. The van der Waals surface area contributed by atoms with Crippen molar-refractivity contribution in [1.82, 2.24) is 5.32 Å². The van der Waals surface area contributed by atoms with Crippen LogP contribution in [0.5, 0.6) is 0 Å². The van der Waals surface area contributed by atoms with Crippen molar-refractivity contribution in [3.63, 3.8) is 0 Å². The van der Waals surface area contributed by atoms with Crippen LogP contribution in [0.15, 0.2) is 58.5 Å². The van der Waals surface area contributed by atoms with Crippen LogP contribution in [0.3, 0.4) is 0 Å². The molecule has 39 heavy (non-hydrogen) atoms. The molecule has 0 fully saturated rings. The van der Waals surface area contributed by atoms with E-state index < -0.39 is 29.7 Å². The quantitative estimate of drug-likeness (QED) is 0.344. The highest BCUT2D eigenvalue weighted by molar-refractivity contribution is 6.23. The first-order chi connectivity index (χ1) is 18.6. The molecule has 0 saturated heterocycles. The lowest BCUT2D eigenvalue weighted by Gasteiger charge is -2.25. The molecule has 2 rings (SSSR count). The maximum Gasteiger partial charge on any atom is 0.405 e. The smallest absolute Gasteiger partial charge is 0.405 e. The first-order valence-corrected chi connectivity index (χ1v) is 13.7. The fourth-order valence-corrected chi connectivity index (χ4v) is 4.51. The van der Waals surface area contributed by atoms with Crippen molar-refractivity contribution in [3.8, 4) is 0 Å². The number of fused-ring (bicyclic) bond motifs is 2. The van der Waals surface area contributed by atoms with Crippen molar-refractivity contribution in [2.24, 2.45) is 17.4 Å². The topological polar surface area (TPSA) is 151 Å². The number of carbonyl (C=O) groups is 4. The normalized spacial score (nSPS) is 27.1. The summed E-state index contributed by atoms with van der Waals surface area (Å²) in [4.78, 5) is 49.8. The SMILES string of the molecule is CC.CCCC1/C=C\C=C(/C)C(=O)NC2=CC(=O)C(N)=C(CCCC(OC)CC/C=C(\C)C1OC(N)=O)C2=O. The number of rotatable bonds is 4. The van der Waals surface area contributed by atoms with Gasteiger partial charge in [-0.25, -0.2) is 4.79 Å². The number of amides is 2. The van der Waals surface area contributed by atoms with Crippen molar-refractivity contribution < 1.29 is 28.7 Å². The minimum absolute atomic E-state index is 0.0780. The number of hydrogen-bond donors (Lipinski definition) is 3. The highest BCUT2D eigenvalue weighted by Crippen LogP contribution is 2.25. The lowest BCUT2D eigenvalue weighted by atomic mass is 9.90. The van der Waals surface area contributed by atoms with Crippen molar-refractivity contribution in [3.05, 3.63) is 58.5 Å². The van der Waals surface area contributed by atoms with Crippen LogP contribution in [0.4, 0.5) is 4.79 Å². The first kappa shape index (κ1) is 33.6. The zero-order chi connectivity index (χ0) is 29.5. The van der Waals surface area contributed by atoms with Crippen LogP contribution < -0.4 is 16.8 Å².